The van der Waals surface area contributed by atoms with Crippen molar-refractivity contribution in [2.75, 3.05) is 0 Å². The van der Waals surface area contributed by atoms with Crippen LogP contribution in [0, 0.1) is 0 Å². The number of hydrogen-bond donors (Lipinski definition) is 1. The van der Waals surface area contributed by atoms with E-state index < -0.39 is 23.3 Å². The van der Waals surface area contributed by atoms with Crippen LogP contribution >= 0.6 is 0 Å². The van der Waals surface area contributed by atoms with Gasteiger partial charge in [0.2, 0.25) is 0 Å². The van der Waals surface area contributed by atoms with E-state index >= 15 is 0 Å². The molecular formula is C20H13F3O5. The molecule has 3 aromatic rings. The van der Waals surface area contributed by atoms with Gasteiger partial charge < -0.3 is 14.3 Å². The minimum Gasteiger partial charge on any atom is -0.508 e. The molecule has 0 aliphatic carbocycles. The Balaban J connectivity index is 1.72. The van der Waals surface area contributed by atoms with Gasteiger partial charge in [-0.1, -0.05) is 12.1 Å². The summed E-state index contributed by atoms with van der Waals surface area (Å²) in [6, 6.07) is 9.81. The fourth-order valence-corrected chi connectivity index (χ4v) is 2.52. The Bertz CT molecular complexity index is 1110. The zero-order valence-electron chi connectivity index (χ0n) is 14.2. The van der Waals surface area contributed by atoms with Crippen LogP contribution in [0.4, 0.5) is 13.2 Å². The number of carbonyl (C=O) groups excluding carboxylic acids is 1. The van der Waals surface area contributed by atoms with Crippen molar-refractivity contribution < 1.29 is 32.2 Å². The van der Waals surface area contributed by atoms with E-state index in [9.17, 15) is 27.9 Å². The van der Waals surface area contributed by atoms with Crippen molar-refractivity contribution in [1.82, 2.24) is 0 Å². The molecule has 0 aliphatic rings. The molecule has 0 saturated carbocycles. The summed E-state index contributed by atoms with van der Waals surface area (Å²) in [5, 5.41) is 9.93. The number of phenols is 1. The average Bonchev–Trinajstić information content (AvgIpc) is 2.63. The maximum Gasteiger partial charge on any atom is 0.416 e. The molecule has 2 aromatic carbocycles. The number of alkyl halides is 3. The highest BCUT2D eigenvalue weighted by Crippen LogP contribution is 2.29. The van der Waals surface area contributed by atoms with Crippen LogP contribution in [0.2, 0.25) is 0 Å². The topological polar surface area (TPSA) is 76.7 Å². The first kappa shape index (κ1) is 19.2. The number of halogens is 3. The lowest BCUT2D eigenvalue weighted by molar-refractivity contribution is -0.139. The molecular weight excluding hydrogens is 377 g/mol. The number of hydrogen-bond acceptors (Lipinski definition) is 5. The van der Waals surface area contributed by atoms with Crippen molar-refractivity contribution in [3.8, 4) is 5.75 Å². The number of ether oxygens (including phenoxy) is 1. The number of esters is 1. The summed E-state index contributed by atoms with van der Waals surface area (Å²) in [4.78, 5) is 23.5. The Morgan fingerprint density at radius 1 is 1.14 bits per heavy atom. The van der Waals surface area contributed by atoms with Gasteiger partial charge in [0.05, 0.1) is 5.56 Å². The van der Waals surface area contributed by atoms with Gasteiger partial charge in [-0.05, 0) is 35.9 Å². The highest BCUT2D eigenvalue weighted by molar-refractivity contribution is 5.87. The molecule has 0 saturated heterocycles. The van der Waals surface area contributed by atoms with E-state index in [1.54, 1.807) is 0 Å². The molecule has 0 amide bonds. The molecule has 28 heavy (non-hydrogen) atoms. The van der Waals surface area contributed by atoms with E-state index in [4.69, 9.17) is 9.15 Å². The number of benzene rings is 2. The van der Waals surface area contributed by atoms with E-state index in [1.165, 1.54) is 36.4 Å². The molecule has 1 N–H and O–H groups in total. The normalized spacial score (nSPS) is 11.8. The van der Waals surface area contributed by atoms with Crippen molar-refractivity contribution in [1.29, 1.82) is 0 Å². The fraction of sp³-hybridized carbons (Fsp3) is 0.100. The minimum atomic E-state index is -4.48. The molecule has 0 fully saturated rings. The Labute approximate surface area is 156 Å². The van der Waals surface area contributed by atoms with Crippen LogP contribution < -0.4 is 5.63 Å². The lowest BCUT2D eigenvalue weighted by atomic mass is 10.1. The standard InChI is InChI=1S/C20H13F3O5/c21-20(22,23)14-3-1-2-12(8-14)4-7-18(25)27-11-13-9-19(26)28-17-10-15(24)5-6-16(13)17/h1-10,24H,11H2/b7-4+. The first-order valence-electron chi connectivity index (χ1n) is 8.00. The predicted octanol–water partition coefficient (Wildman–Crippen LogP) is 4.27. The number of phenolic OH excluding ortho intramolecular Hbond substituents is 1. The highest BCUT2D eigenvalue weighted by atomic mass is 19.4. The van der Waals surface area contributed by atoms with E-state index in [0.29, 0.717) is 10.9 Å². The molecule has 5 nitrogen and oxygen atoms in total. The first-order chi connectivity index (χ1) is 13.2. The van der Waals surface area contributed by atoms with Crippen LogP contribution in [0.5, 0.6) is 5.75 Å². The second-order valence-corrected chi connectivity index (χ2v) is 5.84. The summed E-state index contributed by atoms with van der Waals surface area (Å²) >= 11 is 0. The van der Waals surface area contributed by atoms with Crippen molar-refractivity contribution in [3.63, 3.8) is 0 Å². The van der Waals surface area contributed by atoms with Crippen LogP contribution in [0.25, 0.3) is 17.0 Å². The van der Waals surface area contributed by atoms with Gasteiger partial charge in [0.15, 0.2) is 0 Å². The van der Waals surface area contributed by atoms with Crippen molar-refractivity contribution in [3.05, 3.63) is 81.7 Å². The van der Waals surface area contributed by atoms with Gasteiger partial charge in [0, 0.05) is 29.2 Å². The second kappa shape index (κ2) is 7.59. The number of carbonyl (C=O) groups is 1. The van der Waals surface area contributed by atoms with Gasteiger partial charge in [-0.25, -0.2) is 9.59 Å². The van der Waals surface area contributed by atoms with Crippen molar-refractivity contribution in [2.24, 2.45) is 0 Å². The number of fused-ring (bicyclic) bond motifs is 1. The fourth-order valence-electron chi connectivity index (χ4n) is 2.52. The van der Waals surface area contributed by atoms with E-state index in [2.05, 4.69) is 0 Å². The van der Waals surface area contributed by atoms with Gasteiger partial charge >= 0.3 is 17.8 Å². The third kappa shape index (κ3) is 4.59. The van der Waals surface area contributed by atoms with Crippen LogP contribution in [-0.2, 0) is 22.3 Å². The molecule has 0 unspecified atom stereocenters. The molecule has 144 valence electrons. The average molecular weight is 390 g/mol. The Kier molecular flexibility index (Phi) is 5.21. The van der Waals surface area contributed by atoms with Gasteiger partial charge in [0.25, 0.3) is 0 Å². The van der Waals surface area contributed by atoms with E-state index in [1.807, 2.05) is 0 Å². The van der Waals surface area contributed by atoms with E-state index in [-0.39, 0.29) is 23.5 Å². The Hall–Kier alpha value is -3.55. The molecule has 0 bridgehead atoms. The van der Waals surface area contributed by atoms with Crippen LogP contribution in [0.1, 0.15) is 16.7 Å². The Morgan fingerprint density at radius 3 is 2.68 bits per heavy atom. The monoisotopic (exact) mass is 390 g/mol. The van der Waals surface area contributed by atoms with Gasteiger partial charge in [0.1, 0.15) is 17.9 Å². The quantitative estimate of drug-likeness (QED) is 0.409. The minimum absolute atomic E-state index is 0.0891. The van der Waals surface area contributed by atoms with E-state index in [0.717, 1.165) is 24.3 Å². The maximum absolute atomic E-state index is 12.7. The third-order valence-corrected chi connectivity index (χ3v) is 3.81. The molecule has 1 heterocycles. The zero-order chi connectivity index (χ0) is 20.3. The van der Waals surface area contributed by atoms with Gasteiger partial charge in [-0.3, -0.25) is 0 Å². The predicted molar refractivity (Wildman–Crippen MR) is 94.4 cm³/mol. The largest absolute Gasteiger partial charge is 0.508 e. The molecule has 1 aromatic heterocycles. The van der Waals surface area contributed by atoms with Crippen molar-refractivity contribution in [2.45, 2.75) is 12.8 Å². The number of rotatable bonds is 4. The van der Waals surface area contributed by atoms with Crippen molar-refractivity contribution >= 4 is 23.0 Å². The van der Waals surface area contributed by atoms with Gasteiger partial charge in [-0.2, -0.15) is 13.2 Å². The molecule has 0 aliphatic heterocycles. The van der Waals surface area contributed by atoms with Crippen LogP contribution in [0.15, 0.2) is 63.8 Å². The second-order valence-electron chi connectivity index (χ2n) is 5.84. The lowest BCUT2D eigenvalue weighted by Crippen LogP contribution is -2.06. The Morgan fingerprint density at radius 2 is 1.93 bits per heavy atom. The van der Waals surface area contributed by atoms with Gasteiger partial charge in [-0.15, -0.1) is 0 Å². The SMILES string of the molecule is O=C(/C=C/c1cccc(C(F)(F)F)c1)OCc1cc(=O)oc2cc(O)ccc12. The van der Waals surface area contributed by atoms with Crippen LogP contribution in [0.3, 0.4) is 0 Å². The first-order valence-corrected chi connectivity index (χ1v) is 8.00. The molecule has 0 atom stereocenters. The lowest BCUT2D eigenvalue weighted by Gasteiger charge is -2.07. The third-order valence-electron chi connectivity index (χ3n) is 3.81. The molecule has 8 heteroatoms. The van der Waals surface area contributed by atoms with Crippen LogP contribution in [-0.4, -0.2) is 11.1 Å². The summed E-state index contributed by atoms with van der Waals surface area (Å²) in [5.74, 6) is -0.883. The summed E-state index contributed by atoms with van der Waals surface area (Å²) in [5.41, 5.74) is -0.810. The summed E-state index contributed by atoms with van der Waals surface area (Å²) < 4.78 is 48.1. The summed E-state index contributed by atoms with van der Waals surface area (Å²) in [6.07, 6.45) is -2.28. The molecule has 0 spiro atoms. The molecule has 3 rings (SSSR count). The zero-order valence-corrected chi connectivity index (χ0v) is 14.2. The molecule has 0 radical (unpaired) electrons. The smallest absolute Gasteiger partial charge is 0.416 e. The number of aromatic hydroxyl groups is 1. The summed E-state index contributed by atoms with van der Waals surface area (Å²) in [6.45, 7) is -0.251. The maximum atomic E-state index is 12.7. The summed E-state index contributed by atoms with van der Waals surface area (Å²) in [7, 11) is 0. The highest BCUT2D eigenvalue weighted by Gasteiger charge is 2.30.